The van der Waals surface area contributed by atoms with Gasteiger partial charge in [0.15, 0.2) is 0 Å². The van der Waals surface area contributed by atoms with Crippen molar-refractivity contribution in [2.24, 2.45) is 0 Å². The van der Waals surface area contributed by atoms with E-state index in [9.17, 15) is 14.2 Å². The molecule has 0 heterocycles. The molecule has 0 saturated heterocycles. The van der Waals surface area contributed by atoms with Crippen LogP contribution in [-0.2, 0) is 5.41 Å². The van der Waals surface area contributed by atoms with Crippen LogP contribution in [0.4, 0.5) is 0 Å². The number of aromatic hydroxyl groups is 1. The lowest BCUT2D eigenvalue weighted by atomic mass is 9.78. The maximum atomic E-state index is 10.7. The Bertz CT molecular complexity index is 1110. The van der Waals surface area contributed by atoms with Gasteiger partial charge in [-0.25, -0.2) is 0 Å². The van der Waals surface area contributed by atoms with Crippen LogP contribution in [0.5, 0.6) is 17.2 Å². The van der Waals surface area contributed by atoms with Crippen molar-refractivity contribution >= 4 is 10.6 Å². The number of benzene rings is 4. The van der Waals surface area contributed by atoms with E-state index in [0.717, 1.165) is 0 Å². The van der Waals surface area contributed by atoms with Crippen LogP contribution >= 0.6 is 10.6 Å². The average Bonchev–Trinajstić information content (AvgIpc) is 2.80. The molecule has 3 N–H and O–H groups in total. The van der Waals surface area contributed by atoms with Crippen LogP contribution in [0, 0.1) is 6.92 Å². The molecular formula is C28H28O4S. The third-order valence-electron chi connectivity index (χ3n) is 5.90. The number of phenols is 1. The summed E-state index contributed by atoms with van der Waals surface area (Å²) in [6, 6.07) is 29.3. The second-order valence-electron chi connectivity index (χ2n) is 8.63. The molecule has 0 unspecified atom stereocenters. The molecule has 0 aliphatic heterocycles. The highest BCUT2D eigenvalue weighted by Gasteiger charge is 2.23. The topological polar surface area (TPSA) is 69.9 Å². The highest BCUT2D eigenvalue weighted by Crippen LogP contribution is 2.55. The number of rotatable bonds is 6. The summed E-state index contributed by atoms with van der Waals surface area (Å²) < 4.78 is 27.3. The van der Waals surface area contributed by atoms with Gasteiger partial charge in [-0.3, -0.25) is 9.11 Å². The summed E-state index contributed by atoms with van der Waals surface area (Å²) >= 11 is 0. The number of phenolic OH excluding ortho intramolecular Hbond substituents is 1. The lowest BCUT2D eigenvalue weighted by Gasteiger charge is -2.32. The summed E-state index contributed by atoms with van der Waals surface area (Å²) in [6.45, 7) is 6.50. The third-order valence-corrected chi connectivity index (χ3v) is 7.76. The molecule has 4 rings (SSSR count). The van der Waals surface area contributed by atoms with E-state index < -0.39 is 10.6 Å². The standard InChI is InChI=1S/C28H28O4S/c1-20-4-6-21(7-5-20)28(2,3)22-8-12-24(13-9-22)32-25-14-18-27(19-15-25)33(30,31)26-16-10-23(29)11-17-26/h4-19,29-31H,1-3H3. The summed E-state index contributed by atoms with van der Waals surface area (Å²) in [7, 11) is -3.16. The lowest BCUT2D eigenvalue weighted by molar-refractivity contribution is 0.472. The first kappa shape index (κ1) is 22.9. The molecule has 0 radical (unpaired) electrons. The molecule has 0 aliphatic carbocycles. The zero-order chi connectivity index (χ0) is 23.6. The third kappa shape index (κ3) is 4.91. The Morgan fingerprint density at radius 2 is 1.00 bits per heavy atom. The van der Waals surface area contributed by atoms with E-state index in [-0.39, 0.29) is 11.2 Å². The van der Waals surface area contributed by atoms with Crippen molar-refractivity contribution in [3.63, 3.8) is 0 Å². The van der Waals surface area contributed by atoms with Crippen molar-refractivity contribution < 1.29 is 18.9 Å². The van der Waals surface area contributed by atoms with Crippen LogP contribution in [0.1, 0.15) is 30.5 Å². The molecule has 0 aromatic heterocycles. The van der Waals surface area contributed by atoms with Crippen LogP contribution in [0.2, 0.25) is 0 Å². The Morgan fingerprint density at radius 3 is 1.48 bits per heavy atom. The zero-order valence-electron chi connectivity index (χ0n) is 18.9. The molecule has 0 atom stereocenters. The number of aryl methyl sites for hydroxylation is 1. The molecule has 0 aliphatic rings. The van der Waals surface area contributed by atoms with Crippen molar-refractivity contribution in [2.45, 2.75) is 36.0 Å². The van der Waals surface area contributed by atoms with Gasteiger partial charge < -0.3 is 9.84 Å². The molecular weight excluding hydrogens is 432 g/mol. The molecule has 4 aromatic carbocycles. The van der Waals surface area contributed by atoms with Crippen LogP contribution < -0.4 is 4.74 Å². The quantitative estimate of drug-likeness (QED) is 0.273. The van der Waals surface area contributed by atoms with E-state index in [0.29, 0.717) is 21.3 Å². The normalized spacial score (nSPS) is 12.4. The van der Waals surface area contributed by atoms with E-state index in [2.05, 4.69) is 57.2 Å². The Balaban J connectivity index is 1.48. The maximum absolute atomic E-state index is 10.7. The summed E-state index contributed by atoms with van der Waals surface area (Å²) in [5, 5.41) is 9.43. The monoisotopic (exact) mass is 460 g/mol. The van der Waals surface area contributed by atoms with E-state index >= 15 is 0 Å². The van der Waals surface area contributed by atoms with Gasteiger partial charge in [0, 0.05) is 5.41 Å². The van der Waals surface area contributed by atoms with Gasteiger partial charge in [-0.2, -0.15) is 0 Å². The van der Waals surface area contributed by atoms with Crippen molar-refractivity contribution in [1.29, 1.82) is 0 Å². The molecule has 0 amide bonds. The van der Waals surface area contributed by atoms with E-state index in [1.807, 2.05) is 12.1 Å². The van der Waals surface area contributed by atoms with Crippen LogP contribution in [0.15, 0.2) is 107 Å². The second-order valence-corrected chi connectivity index (χ2v) is 10.7. The summed E-state index contributed by atoms with van der Waals surface area (Å²) in [6.07, 6.45) is 0. The summed E-state index contributed by atoms with van der Waals surface area (Å²) in [5.74, 6) is 1.38. The summed E-state index contributed by atoms with van der Waals surface area (Å²) in [4.78, 5) is 0.733. The first-order chi connectivity index (χ1) is 15.7. The molecule has 4 aromatic rings. The van der Waals surface area contributed by atoms with Crippen molar-refractivity contribution in [3.8, 4) is 17.2 Å². The molecule has 0 spiro atoms. The fraction of sp³-hybridized carbons (Fsp3) is 0.143. The Labute approximate surface area is 196 Å². The van der Waals surface area contributed by atoms with Gasteiger partial charge in [-0.05, 0) is 78.7 Å². The predicted octanol–water partition coefficient (Wildman–Crippen LogP) is 7.99. The molecule has 33 heavy (non-hydrogen) atoms. The van der Waals surface area contributed by atoms with Gasteiger partial charge >= 0.3 is 0 Å². The molecule has 0 fully saturated rings. The van der Waals surface area contributed by atoms with Crippen molar-refractivity contribution in [1.82, 2.24) is 0 Å². The average molecular weight is 461 g/mol. The Morgan fingerprint density at radius 1 is 0.606 bits per heavy atom. The lowest BCUT2D eigenvalue weighted by Crippen LogP contribution is -2.18. The van der Waals surface area contributed by atoms with Gasteiger partial charge in [0.25, 0.3) is 0 Å². The minimum absolute atomic E-state index is 0.0750. The molecule has 0 bridgehead atoms. The van der Waals surface area contributed by atoms with Crippen molar-refractivity contribution in [2.75, 3.05) is 0 Å². The number of ether oxygens (including phenoxy) is 1. The van der Waals surface area contributed by atoms with Gasteiger partial charge in [0.05, 0.1) is 9.79 Å². The van der Waals surface area contributed by atoms with Crippen LogP contribution in [0.3, 0.4) is 0 Å². The molecule has 5 heteroatoms. The SMILES string of the molecule is Cc1ccc(C(C)(C)c2ccc(Oc3ccc(S(O)(O)c4ccc(O)cc4)cc3)cc2)cc1. The van der Waals surface area contributed by atoms with Gasteiger partial charge in [-0.15, -0.1) is 10.6 Å². The zero-order valence-corrected chi connectivity index (χ0v) is 19.7. The smallest absolute Gasteiger partial charge is 0.127 e. The molecule has 0 saturated carbocycles. The van der Waals surface area contributed by atoms with E-state index in [1.54, 1.807) is 24.3 Å². The van der Waals surface area contributed by atoms with Crippen molar-refractivity contribution in [3.05, 3.63) is 114 Å². The van der Waals surface area contributed by atoms with Gasteiger partial charge in [0.1, 0.15) is 17.2 Å². The maximum Gasteiger partial charge on any atom is 0.127 e. The fourth-order valence-electron chi connectivity index (χ4n) is 3.68. The second kappa shape index (κ2) is 8.94. The summed E-state index contributed by atoms with van der Waals surface area (Å²) in [5.41, 5.74) is 3.56. The first-order valence-electron chi connectivity index (χ1n) is 10.7. The fourth-order valence-corrected chi connectivity index (χ4v) is 4.99. The number of hydrogen-bond donors (Lipinski definition) is 3. The minimum Gasteiger partial charge on any atom is -0.508 e. The molecule has 4 nitrogen and oxygen atoms in total. The number of hydrogen-bond acceptors (Lipinski definition) is 4. The Hall–Kier alpha value is -3.25. The minimum atomic E-state index is -3.16. The predicted molar refractivity (Wildman–Crippen MR) is 134 cm³/mol. The van der Waals surface area contributed by atoms with Crippen LogP contribution in [-0.4, -0.2) is 14.2 Å². The largest absolute Gasteiger partial charge is 0.508 e. The molecule has 170 valence electrons. The Kier molecular flexibility index (Phi) is 6.21. The highest BCUT2D eigenvalue weighted by molar-refractivity contribution is 8.24. The van der Waals surface area contributed by atoms with E-state index in [4.69, 9.17) is 4.74 Å². The van der Waals surface area contributed by atoms with Crippen LogP contribution in [0.25, 0.3) is 0 Å². The first-order valence-corrected chi connectivity index (χ1v) is 12.2. The highest BCUT2D eigenvalue weighted by atomic mass is 32.3. The van der Waals surface area contributed by atoms with Gasteiger partial charge in [-0.1, -0.05) is 55.8 Å². The van der Waals surface area contributed by atoms with E-state index in [1.165, 1.54) is 41.0 Å². The van der Waals surface area contributed by atoms with Gasteiger partial charge in [0.2, 0.25) is 0 Å².